The van der Waals surface area contributed by atoms with Gasteiger partial charge in [-0.3, -0.25) is 0 Å². The van der Waals surface area contributed by atoms with Crippen molar-refractivity contribution in [1.82, 2.24) is 5.32 Å². The molecule has 3 atom stereocenters. The number of hydrogen-bond acceptors (Lipinski definition) is 2. The van der Waals surface area contributed by atoms with Crippen molar-refractivity contribution in [2.45, 2.75) is 65.0 Å². The Morgan fingerprint density at radius 3 is 2.38 bits per heavy atom. The van der Waals surface area contributed by atoms with Gasteiger partial charge in [0.2, 0.25) is 0 Å². The van der Waals surface area contributed by atoms with E-state index in [1.165, 1.54) is 11.1 Å². The molecule has 0 amide bonds. The molecule has 2 heteroatoms. The Hall–Kier alpha value is -0.860. The molecule has 1 aromatic carbocycles. The van der Waals surface area contributed by atoms with Crippen LogP contribution in [0.3, 0.4) is 0 Å². The first kappa shape index (κ1) is 16.5. The van der Waals surface area contributed by atoms with Crippen molar-refractivity contribution in [3.05, 3.63) is 35.4 Å². The molecule has 0 aromatic heterocycles. The first-order valence-electron chi connectivity index (χ1n) is 8.45. The molecule has 1 aromatic rings. The fraction of sp³-hybridized carbons (Fsp3) is 0.684. The lowest BCUT2D eigenvalue weighted by molar-refractivity contribution is 0.0956. The molecule has 0 saturated carbocycles. The van der Waals surface area contributed by atoms with Crippen molar-refractivity contribution >= 4 is 0 Å². The minimum atomic E-state index is 0.260. The van der Waals surface area contributed by atoms with Crippen molar-refractivity contribution in [1.29, 1.82) is 0 Å². The molecule has 0 spiro atoms. The third kappa shape index (κ3) is 3.67. The first-order valence-corrected chi connectivity index (χ1v) is 8.45. The van der Waals surface area contributed by atoms with Gasteiger partial charge in [0.05, 0.1) is 6.10 Å². The van der Waals surface area contributed by atoms with Gasteiger partial charge >= 0.3 is 0 Å². The summed E-state index contributed by atoms with van der Waals surface area (Å²) in [5, 5.41) is 3.66. The zero-order chi connectivity index (χ0) is 15.5. The Bertz CT molecular complexity index is 437. The van der Waals surface area contributed by atoms with E-state index >= 15 is 0 Å². The summed E-state index contributed by atoms with van der Waals surface area (Å²) in [6, 6.07) is 9.65. The van der Waals surface area contributed by atoms with Gasteiger partial charge in [-0.05, 0) is 42.9 Å². The van der Waals surface area contributed by atoms with Crippen LogP contribution >= 0.6 is 0 Å². The number of rotatable bonds is 6. The maximum atomic E-state index is 5.77. The van der Waals surface area contributed by atoms with Crippen LogP contribution in [0.4, 0.5) is 0 Å². The molecule has 1 N–H and O–H groups in total. The fourth-order valence-electron chi connectivity index (χ4n) is 3.27. The summed E-state index contributed by atoms with van der Waals surface area (Å²) in [6.45, 7) is 13.2. The molecular formula is C19H31NO. The van der Waals surface area contributed by atoms with Crippen LogP contribution < -0.4 is 5.32 Å². The van der Waals surface area contributed by atoms with E-state index in [-0.39, 0.29) is 5.41 Å². The Morgan fingerprint density at radius 2 is 1.90 bits per heavy atom. The summed E-state index contributed by atoms with van der Waals surface area (Å²) in [5.41, 5.74) is 3.09. The standard InChI is InChI=1S/C19H31NO/c1-6-19(4,5)16-10-8-15(9-11-16)18(20-7-2)17-12-13-21-14(17)3/h8-11,14,17-18,20H,6-7,12-13H2,1-5H3. The van der Waals surface area contributed by atoms with E-state index in [1.54, 1.807) is 0 Å². The monoisotopic (exact) mass is 289 g/mol. The Labute approximate surface area is 130 Å². The predicted molar refractivity (Wildman–Crippen MR) is 89.7 cm³/mol. The average Bonchev–Trinajstić information content (AvgIpc) is 2.91. The van der Waals surface area contributed by atoms with E-state index in [4.69, 9.17) is 4.74 Å². The average molecular weight is 289 g/mol. The van der Waals surface area contributed by atoms with Gasteiger partial charge in [-0.2, -0.15) is 0 Å². The second-order valence-electron chi connectivity index (χ2n) is 6.92. The van der Waals surface area contributed by atoms with Crippen LogP contribution in [0.15, 0.2) is 24.3 Å². The maximum absolute atomic E-state index is 5.77. The number of benzene rings is 1. The Balaban J connectivity index is 2.21. The number of hydrogen-bond donors (Lipinski definition) is 1. The summed E-state index contributed by atoms with van der Waals surface area (Å²) in [6.07, 6.45) is 2.66. The van der Waals surface area contributed by atoms with Gasteiger partial charge in [0.15, 0.2) is 0 Å². The molecule has 0 bridgehead atoms. The van der Waals surface area contributed by atoms with E-state index in [0.717, 1.165) is 26.0 Å². The molecule has 21 heavy (non-hydrogen) atoms. The largest absolute Gasteiger partial charge is 0.378 e. The highest BCUT2D eigenvalue weighted by atomic mass is 16.5. The topological polar surface area (TPSA) is 21.3 Å². The summed E-state index contributed by atoms with van der Waals surface area (Å²) in [7, 11) is 0. The van der Waals surface area contributed by atoms with Crippen molar-refractivity contribution in [2.75, 3.05) is 13.2 Å². The molecule has 1 saturated heterocycles. The van der Waals surface area contributed by atoms with E-state index in [9.17, 15) is 0 Å². The lowest BCUT2D eigenvalue weighted by Crippen LogP contribution is -2.31. The van der Waals surface area contributed by atoms with Crippen LogP contribution in [0.25, 0.3) is 0 Å². The highest BCUT2D eigenvalue weighted by Gasteiger charge is 2.32. The van der Waals surface area contributed by atoms with Crippen LogP contribution in [-0.4, -0.2) is 19.3 Å². The van der Waals surface area contributed by atoms with E-state index in [0.29, 0.717) is 18.1 Å². The van der Waals surface area contributed by atoms with E-state index in [1.807, 2.05) is 0 Å². The number of ether oxygens (including phenoxy) is 1. The highest BCUT2D eigenvalue weighted by Crippen LogP contribution is 2.34. The molecule has 1 fully saturated rings. The second kappa shape index (κ2) is 6.93. The molecule has 0 radical (unpaired) electrons. The first-order chi connectivity index (χ1) is 9.99. The van der Waals surface area contributed by atoms with Gasteiger partial charge < -0.3 is 10.1 Å². The van der Waals surface area contributed by atoms with E-state index < -0.39 is 0 Å². The van der Waals surface area contributed by atoms with Gasteiger partial charge in [0, 0.05) is 18.6 Å². The SMILES string of the molecule is CCNC(c1ccc(C(C)(C)CC)cc1)C1CCOC1C. The van der Waals surface area contributed by atoms with Crippen LogP contribution in [0, 0.1) is 5.92 Å². The van der Waals surface area contributed by atoms with Crippen molar-refractivity contribution in [3.63, 3.8) is 0 Å². The Morgan fingerprint density at radius 1 is 1.24 bits per heavy atom. The summed E-state index contributed by atoms with van der Waals surface area (Å²) >= 11 is 0. The number of nitrogens with one attached hydrogen (secondary N) is 1. The predicted octanol–water partition coefficient (Wildman–Crippen LogP) is 4.45. The minimum absolute atomic E-state index is 0.260. The zero-order valence-corrected chi connectivity index (χ0v) is 14.3. The molecule has 118 valence electrons. The lowest BCUT2D eigenvalue weighted by Gasteiger charge is -2.28. The Kier molecular flexibility index (Phi) is 5.45. The second-order valence-corrected chi connectivity index (χ2v) is 6.92. The molecular weight excluding hydrogens is 258 g/mol. The lowest BCUT2D eigenvalue weighted by atomic mass is 9.81. The van der Waals surface area contributed by atoms with Crippen molar-refractivity contribution in [3.8, 4) is 0 Å². The maximum Gasteiger partial charge on any atom is 0.0594 e. The van der Waals surface area contributed by atoms with Gasteiger partial charge in [0.1, 0.15) is 0 Å². The normalized spacial score (nSPS) is 24.2. The summed E-state index contributed by atoms with van der Waals surface area (Å²) < 4.78 is 5.77. The quantitative estimate of drug-likeness (QED) is 0.835. The van der Waals surface area contributed by atoms with Gasteiger partial charge in [-0.1, -0.05) is 52.0 Å². The third-order valence-corrected chi connectivity index (χ3v) is 5.22. The van der Waals surface area contributed by atoms with E-state index in [2.05, 4.69) is 64.2 Å². The van der Waals surface area contributed by atoms with Crippen molar-refractivity contribution < 1.29 is 4.74 Å². The molecule has 0 aliphatic carbocycles. The summed E-state index contributed by atoms with van der Waals surface area (Å²) in [5.74, 6) is 0.579. The smallest absolute Gasteiger partial charge is 0.0594 e. The molecule has 1 heterocycles. The van der Waals surface area contributed by atoms with Crippen LogP contribution in [0.1, 0.15) is 64.6 Å². The molecule has 2 nitrogen and oxygen atoms in total. The summed E-state index contributed by atoms with van der Waals surface area (Å²) in [4.78, 5) is 0. The van der Waals surface area contributed by atoms with Crippen LogP contribution in [-0.2, 0) is 10.2 Å². The molecule has 2 rings (SSSR count). The fourth-order valence-corrected chi connectivity index (χ4v) is 3.27. The zero-order valence-electron chi connectivity index (χ0n) is 14.3. The van der Waals surface area contributed by atoms with Gasteiger partial charge in [-0.25, -0.2) is 0 Å². The molecule has 1 aliphatic heterocycles. The minimum Gasteiger partial charge on any atom is -0.378 e. The molecule has 3 unspecified atom stereocenters. The molecule has 1 aliphatic rings. The van der Waals surface area contributed by atoms with Crippen molar-refractivity contribution in [2.24, 2.45) is 5.92 Å². The van der Waals surface area contributed by atoms with Crippen LogP contribution in [0.5, 0.6) is 0 Å². The van der Waals surface area contributed by atoms with Gasteiger partial charge in [-0.15, -0.1) is 0 Å². The van der Waals surface area contributed by atoms with Gasteiger partial charge in [0.25, 0.3) is 0 Å². The highest BCUT2D eigenvalue weighted by molar-refractivity contribution is 5.30. The third-order valence-electron chi connectivity index (χ3n) is 5.22. The van der Waals surface area contributed by atoms with Crippen LogP contribution in [0.2, 0.25) is 0 Å².